The lowest BCUT2D eigenvalue weighted by atomic mass is 10.1. The minimum Gasteiger partial charge on any atom is -0.369 e. The zero-order valence-corrected chi connectivity index (χ0v) is 13.6. The van der Waals surface area contributed by atoms with Crippen LogP contribution in [-0.4, -0.2) is 19.9 Å². The van der Waals surface area contributed by atoms with Crippen LogP contribution >= 0.6 is 0 Å². The number of benzene rings is 2. The van der Waals surface area contributed by atoms with Gasteiger partial charge in [0.25, 0.3) is 5.69 Å². The van der Waals surface area contributed by atoms with Crippen molar-refractivity contribution < 1.29 is 9.66 Å². The molecule has 0 amide bonds. The summed E-state index contributed by atoms with van der Waals surface area (Å²) >= 11 is 0. The second-order valence-corrected chi connectivity index (χ2v) is 5.92. The predicted octanol–water partition coefficient (Wildman–Crippen LogP) is 3.98. The summed E-state index contributed by atoms with van der Waals surface area (Å²) in [7, 11) is 0. The summed E-state index contributed by atoms with van der Waals surface area (Å²) in [5.74, 6) is 0.759. The number of imidazole rings is 1. The summed E-state index contributed by atoms with van der Waals surface area (Å²) in [6.07, 6.45) is 1.75. The quantitative estimate of drug-likeness (QED) is 0.425. The third-order valence-corrected chi connectivity index (χ3v) is 4.24. The molecule has 0 saturated carbocycles. The third-order valence-electron chi connectivity index (χ3n) is 4.24. The Morgan fingerprint density at radius 2 is 2.04 bits per heavy atom. The van der Waals surface area contributed by atoms with E-state index in [0.29, 0.717) is 18.7 Å². The molecule has 0 aliphatic heterocycles. The first-order chi connectivity index (χ1) is 12.1. The average molecular weight is 336 g/mol. The van der Waals surface area contributed by atoms with Crippen LogP contribution < -0.4 is 0 Å². The number of ether oxygens (including phenoxy) is 1. The number of aryl methyl sites for hydroxylation is 1. The maximum absolute atomic E-state index is 11.1. The highest BCUT2D eigenvalue weighted by molar-refractivity contribution is 5.90. The van der Waals surface area contributed by atoms with E-state index in [1.807, 2.05) is 31.2 Å². The number of fused-ring (bicyclic) bond motifs is 2. The van der Waals surface area contributed by atoms with Crippen molar-refractivity contribution in [2.24, 2.45) is 0 Å². The van der Waals surface area contributed by atoms with E-state index in [0.717, 1.165) is 33.4 Å². The molecule has 0 aliphatic carbocycles. The van der Waals surface area contributed by atoms with Gasteiger partial charge in [0.2, 0.25) is 0 Å². The van der Waals surface area contributed by atoms with Crippen LogP contribution in [0.3, 0.4) is 0 Å². The molecule has 25 heavy (non-hydrogen) atoms. The standard InChI is InChI=1S/C18H16N4O3/c1-11-4-2-6-14-17(11)21-16(20-14)10-25-9-12-8-19-18-13(12)5-3-7-15(18)22(23)24/h2-8,19H,9-10H2,1H3,(H,20,21). The van der Waals surface area contributed by atoms with Crippen molar-refractivity contribution in [2.75, 3.05) is 0 Å². The number of aromatic amines is 2. The molecule has 7 nitrogen and oxygen atoms in total. The van der Waals surface area contributed by atoms with Crippen molar-refractivity contribution in [1.29, 1.82) is 0 Å². The Labute approximate surface area is 142 Å². The van der Waals surface area contributed by atoms with Crippen molar-refractivity contribution in [3.63, 3.8) is 0 Å². The molecular weight excluding hydrogens is 320 g/mol. The van der Waals surface area contributed by atoms with Crippen molar-refractivity contribution in [1.82, 2.24) is 15.0 Å². The molecule has 4 rings (SSSR count). The maximum atomic E-state index is 11.1. The van der Waals surface area contributed by atoms with Gasteiger partial charge in [-0.1, -0.05) is 24.3 Å². The number of hydrogen-bond donors (Lipinski definition) is 2. The van der Waals surface area contributed by atoms with Gasteiger partial charge in [-0.05, 0) is 18.6 Å². The average Bonchev–Trinajstić information content (AvgIpc) is 3.19. The Bertz CT molecular complexity index is 1080. The van der Waals surface area contributed by atoms with Gasteiger partial charge in [-0.15, -0.1) is 0 Å². The lowest BCUT2D eigenvalue weighted by Crippen LogP contribution is -1.95. The van der Waals surface area contributed by atoms with Gasteiger partial charge < -0.3 is 14.7 Å². The van der Waals surface area contributed by atoms with Crippen LogP contribution in [0, 0.1) is 17.0 Å². The molecule has 4 aromatic rings. The summed E-state index contributed by atoms with van der Waals surface area (Å²) in [6.45, 7) is 2.71. The molecule has 2 N–H and O–H groups in total. The van der Waals surface area contributed by atoms with Gasteiger partial charge in [-0.25, -0.2) is 4.98 Å². The van der Waals surface area contributed by atoms with Gasteiger partial charge in [0, 0.05) is 23.2 Å². The second kappa shape index (κ2) is 6.03. The topological polar surface area (TPSA) is 96.8 Å². The first-order valence-electron chi connectivity index (χ1n) is 7.89. The first kappa shape index (κ1) is 15.3. The molecule has 7 heteroatoms. The summed E-state index contributed by atoms with van der Waals surface area (Å²) in [6, 6.07) is 11.0. The summed E-state index contributed by atoms with van der Waals surface area (Å²) in [5.41, 5.74) is 4.52. The lowest BCUT2D eigenvalue weighted by molar-refractivity contribution is -0.383. The summed E-state index contributed by atoms with van der Waals surface area (Å²) in [5, 5.41) is 11.9. The number of nitrogens with one attached hydrogen (secondary N) is 2. The number of rotatable bonds is 5. The minimum absolute atomic E-state index is 0.0662. The fourth-order valence-corrected chi connectivity index (χ4v) is 3.02. The van der Waals surface area contributed by atoms with Gasteiger partial charge in [-0.2, -0.15) is 0 Å². The van der Waals surface area contributed by atoms with E-state index in [2.05, 4.69) is 15.0 Å². The Hall–Kier alpha value is -3.19. The van der Waals surface area contributed by atoms with Crippen molar-refractivity contribution in [3.8, 4) is 0 Å². The molecule has 0 bridgehead atoms. The van der Waals surface area contributed by atoms with Crippen LogP contribution in [0.4, 0.5) is 5.69 Å². The molecule has 0 spiro atoms. The van der Waals surface area contributed by atoms with Crippen molar-refractivity contribution in [2.45, 2.75) is 20.1 Å². The van der Waals surface area contributed by atoms with Crippen LogP contribution in [0.15, 0.2) is 42.6 Å². The van der Waals surface area contributed by atoms with E-state index in [9.17, 15) is 10.1 Å². The summed E-state index contributed by atoms with van der Waals surface area (Å²) < 4.78 is 5.76. The van der Waals surface area contributed by atoms with E-state index in [1.54, 1.807) is 12.3 Å². The Kier molecular flexibility index (Phi) is 3.70. The van der Waals surface area contributed by atoms with Gasteiger partial charge in [0.1, 0.15) is 17.9 Å². The highest BCUT2D eigenvalue weighted by Crippen LogP contribution is 2.27. The molecule has 0 atom stereocenters. The fraction of sp³-hybridized carbons (Fsp3) is 0.167. The van der Waals surface area contributed by atoms with E-state index < -0.39 is 0 Å². The monoisotopic (exact) mass is 336 g/mol. The number of aromatic nitrogens is 3. The van der Waals surface area contributed by atoms with E-state index >= 15 is 0 Å². The van der Waals surface area contributed by atoms with E-state index in [-0.39, 0.29) is 10.6 Å². The molecule has 2 aromatic heterocycles. The molecule has 0 radical (unpaired) electrons. The smallest absolute Gasteiger partial charge is 0.293 e. The number of nitrogens with zero attached hydrogens (tertiary/aromatic N) is 2. The van der Waals surface area contributed by atoms with Gasteiger partial charge in [0.15, 0.2) is 0 Å². The normalized spacial score (nSPS) is 11.4. The molecule has 0 fully saturated rings. The minimum atomic E-state index is -0.389. The number of nitro groups is 1. The Balaban J connectivity index is 1.51. The zero-order valence-electron chi connectivity index (χ0n) is 13.6. The van der Waals surface area contributed by atoms with Crippen LogP contribution in [0.25, 0.3) is 21.9 Å². The highest BCUT2D eigenvalue weighted by atomic mass is 16.6. The van der Waals surface area contributed by atoms with E-state index in [4.69, 9.17) is 4.74 Å². The third kappa shape index (κ3) is 2.74. The lowest BCUT2D eigenvalue weighted by Gasteiger charge is -2.01. The number of non-ortho nitro benzene ring substituents is 1. The number of H-pyrrole nitrogens is 2. The first-order valence-corrected chi connectivity index (χ1v) is 7.89. The fourth-order valence-electron chi connectivity index (χ4n) is 3.02. The molecule has 0 unspecified atom stereocenters. The van der Waals surface area contributed by atoms with Crippen LogP contribution in [0.2, 0.25) is 0 Å². The van der Waals surface area contributed by atoms with Crippen LogP contribution in [0.5, 0.6) is 0 Å². The maximum Gasteiger partial charge on any atom is 0.293 e. The Morgan fingerprint density at radius 1 is 1.20 bits per heavy atom. The van der Waals surface area contributed by atoms with Gasteiger partial charge >= 0.3 is 0 Å². The molecular formula is C18H16N4O3. The molecule has 2 heterocycles. The SMILES string of the molecule is Cc1cccc2[nH]c(COCc3c[nH]c4c([N+](=O)[O-])cccc34)nc12. The molecule has 0 saturated heterocycles. The van der Waals surface area contributed by atoms with Crippen LogP contribution in [-0.2, 0) is 18.0 Å². The molecule has 2 aromatic carbocycles. The molecule has 0 aliphatic rings. The van der Waals surface area contributed by atoms with E-state index in [1.165, 1.54) is 6.07 Å². The highest BCUT2D eigenvalue weighted by Gasteiger charge is 2.15. The van der Waals surface area contributed by atoms with Crippen LogP contribution in [0.1, 0.15) is 17.0 Å². The number of hydrogen-bond acceptors (Lipinski definition) is 4. The predicted molar refractivity (Wildman–Crippen MR) is 94.3 cm³/mol. The van der Waals surface area contributed by atoms with Crippen molar-refractivity contribution >= 4 is 27.6 Å². The van der Waals surface area contributed by atoms with Gasteiger partial charge in [0.05, 0.1) is 22.6 Å². The van der Waals surface area contributed by atoms with Crippen molar-refractivity contribution in [3.05, 3.63) is 69.7 Å². The molecule has 126 valence electrons. The number of para-hydroxylation sites is 2. The van der Waals surface area contributed by atoms with Gasteiger partial charge in [-0.3, -0.25) is 10.1 Å². The second-order valence-electron chi connectivity index (χ2n) is 5.92. The Morgan fingerprint density at radius 3 is 2.84 bits per heavy atom. The number of nitro benzene ring substituents is 1. The summed E-state index contributed by atoms with van der Waals surface area (Å²) in [4.78, 5) is 21.5. The zero-order chi connectivity index (χ0) is 17.4. The largest absolute Gasteiger partial charge is 0.369 e.